The van der Waals surface area contributed by atoms with Gasteiger partial charge in [0.1, 0.15) is 5.69 Å². The first kappa shape index (κ1) is 18.8. The standard InChI is InChI=1S/C18H17N3O6S/c22-15-11-7-12(21(25)26)28-17(11)16(23)13-10(1-4-19-14(13)15)18(24)20-8-9-2-5-27-6-3-9/h1,4,7,9,11,17H,2-3,5-6,8H2,(H,20,24). The number of Topliss-reactive ketones (excluding diaryl/α,β-unsaturated/α-hetero) is 2. The van der Waals surface area contributed by atoms with Crippen LogP contribution in [0, 0.1) is 22.0 Å². The van der Waals surface area contributed by atoms with E-state index >= 15 is 0 Å². The number of nitrogens with one attached hydrogen (secondary N) is 1. The number of aromatic nitrogens is 1. The topological polar surface area (TPSA) is 128 Å². The number of rotatable bonds is 4. The van der Waals surface area contributed by atoms with Gasteiger partial charge in [0.05, 0.1) is 27.2 Å². The number of carbonyl (C=O) groups excluding carboxylic acids is 3. The van der Waals surface area contributed by atoms with Gasteiger partial charge in [-0.05, 0) is 36.6 Å². The van der Waals surface area contributed by atoms with Crippen LogP contribution in [0.5, 0.6) is 0 Å². The van der Waals surface area contributed by atoms with Gasteiger partial charge in [0, 0.05) is 32.0 Å². The lowest BCUT2D eigenvalue weighted by Crippen LogP contribution is -2.39. The summed E-state index contributed by atoms with van der Waals surface area (Å²) < 4.78 is 5.30. The van der Waals surface area contributed by atoms with E-state index in [2.05, 4.69) is 10.3 Å². The molecule has 1 fully saturated rings. The van der Waals surface area contributed by atoms with Gasteiger partial charge in [0.2, 0.25) is 0 Å². The first-order valence-corrected chi connectivity index (χ1v) is 9.81. The Morgan fingerprint density at radius 2 is 2.07 bits per heavy atom. The first-order chi connectivity index (χ1) is 13.5. The van der Waals surface area contributed by atoms with E-state index in [-0.39, 0.29) is 21.8 Å². The summed E-state index contributed by atoms with van der Waals surface area (Å²) in [5.41, 5.74) is -0.0425. The van der Waals surface area contributed by atoms with Crippen LogP contribution in [0.1, 0.15) is 44.0 Å². The minimum Gasteiger partial charge on any atom is -0.381 e. The predicted molar refractivity (Wildman–Crippen MR) is 98.7 cm³/mol. The van der Waals surface area contributed by atoms with Gasteiger partial charge in [0.15, 0.2) is 11.6 Å². The van der Waals surface area contributed by atoms with Crippen LogP contribution in [0.4, 0.5) is 0 Å². The molecular formula is C18H17N3O6S. The van der Waals surface area contributed by atoms with E-state index in [0.29, 0.717) is 25.7 Å². The van der Waals surface area contributed by atoms with Gasteiger partial charge in [-0.3, -0.25) is 29.5 Å². The molecule has 1 N–H and O–H groups in total. The zero-order chi connectivity index (χ0) is 19.8. The monoisotopic (exact) mass is 403 g/mol. The molecule has 3 heterocycles. The van der Waals surface area contributed by atoms with Crippen LogP contribution in [0.2, 0.25) is 0 Å². The fourth-order valence-electron chi connectivity index (χ4n) is 3.69. The fourth-order valence-corrected chi connectivity index (χ4v) is 4.83. The van der Waals surface area contributed by atoms with Gasteiger partial charge in [-0.15, -0.1) is 0 Å². The van der Waals surface area contributed by atoms with Gasteiger partial charge >= 0.3 is 5.03 Å². The maximum absolute atomic E-state index is 13.0. The number of hydrogen-bond acceptors (Lipinski definition) is 8. The fraction of sp³-hybridized carbons (Fsp3) is 0.444. The highest BCUT2D eigenvalue weighted by atomic mass is 32.2. The number of fused-ring (bicyclic) bond motifs is 2. The summed E-state index contributed by atoms with van der Waals surface area (Å²) in [7, 11) is 0. The van der Waals surface area contributed by atoms with Crippen molar-refractivity contribution in [3.63, 3.8) is 0 Å². The lowest BCUT2D eigenvalue weighted by atomic mass is 9.82. The molecule has 1 amide bonds. The number of carbonyl (C=O) groups is 3. The molecule has 1 aromatic rings. The van der Waals surface area contributed by atoms with Crippen LogP contribution in [0.15, 0.2) is 23.4 Å². The van der Waals surface area contributed by atoms with E-state index in [1.54, 1.807) is 0 Å². The van der Waals surface area contributed by atoms with Crippen LogP contribution in [0.3, 0.4) is 0 Å². The van der Waals surface area contributed by atoms with E-state index in [9.17, 15) is 24.5 Å². The number of ketones is 2. The summed E-state index contributed by atoms with van der Waals surface area (Å²) in [6.45, 7) is 1.77. The van der Waals surface area contributed by atoms with Crippen molar-refractivity contribution in [2.45, 2.75) is 18.1 Å². The Balaban J connectivity index is 1.59. The Kier molecular flexibility index (Phi) is 4.98. The number of nitro groups is 1. The molecule has 2 atom stereocenters. The average molecular weight is 403 g/mol. The normalized spacial score (nSPS) is 24.4. The maximum Gasteiger partial charge on any atom is 0.300 e. The van der Waals surface area contributed by atoms with Gasteiger partial charge in [0.25, 0.3) is 5.91 Å². The summed E-state index contributed by atoms with van der Waals surface area (Å²) in [5.74, 6) is -2.01. The quantitative estimate of drug-likeness (QED) is 0.591. The van der Waals surface area contributed by atoms with Gasteiger partial charge in [-0.2, -0.15) is 0 Å². The summed E-state index contributed by atoms with van der Waals surface area (Å²) in [5, 5.41) is 12.7. The minimum atomic E-state index is -0.924. The minimum absolute atomic E-state index is 0.0382. The lowest BCUT2D eigenvalue weighted by Gasteiger charge is -2.25. The highest BCUT2D eigenvalue weighted by Gasteiger charge is 2.49. The van der Waals surface area contributed by atoms with Crippen LogP contribution in [0.25, 0.3) is 0 Å². The summed E-state index contributed by atoms with van der Waals surface area (Å²) in [4.78, 5) is 52.9. The smallest absolute Gasteiger partial charge is 0.300 e. The second-order valence-corrected chi connectivity index (χ2v) is 8.06. The molecule has 2 unspecified atom stereocenters. The summed E-state index contributed by atoms with van der Waals surface area (Å²) >= 11 is 0.753. The van der Waals surface area contributed by atoms with Crippen molar-refractivity contribution in [3.05, 3.63) is 50.3 Å². The van der Waals surface area contributed by atoms with E-state index < -0.39 is 33.6 Å². The van der Waals surface area contributed by atoms with E-state index in [0.717, 1.165) is 24.6 Å². The van der Waals surface area contributed by atoms with Crippen LogP contribution >= 0.6 is 11.8 Å². The number of nitrogens with zero attached hydrogens (tertiary/aromatic N) is 2. The third kappa shape index (κ3) is 3.22. The molecule has 1 aliphatic carbocycles. The van der Waals surface area contributed by atoms with Crippen molar-refractivity contribution in [2.75, 3.05) is 19.8 Å². The van der Waals surface area contributed by atoms with E-state index in [4.69, 9.17) is 4.74 Å². The Morgan fingerprint density at radius 3 is 2.79 bits per heavy atom. The van der Waals surface area contributed by atoms with Crippen molar-refractivity contribution in [3.8, 4) is 0 Å². The first-order valence-electron chi connectivity index (χ1n) is 8.93. The summed E-state index contributed by atoms with van der Waals surface area (Å²) in [6.07, 6.45) is 4.22. The van der Waals surface area contributed by atoms with Gasteiger partial charge in [-0.1, -0.05) is 0 Å². The number of allylic oxidation sites excluding steroid dienone is 1. The molecule has 10 heteroatoms. The number of pyridine rings is 1. The summed E-state index contributed by atoms with van der Waals surface area (Å²) in [6, 6.07) is 1.41. The molecule has 9 nitrogen and oxygen atoms in total. The maximum atomic E-state index is 13.0. The lowest BCUT2D eigenvalue weighted by molar-refractivity contribution is -0.410. The van der Waals surface area contributed by atoms with Gasteiger partial charge < -0.3 is 10.1 Å². The highest BCUT2D eigenvalue weighted by Crippen LogP contribution is 2.43. The van der Waals surface area contributed by atoms with Gasteiger partial charge in [-0.25, -0.2) is 0 Å². The van der Waals surface area contributed by atoms with Crippen LogP contribution < -0.4 is 5.32 Å². The molecule has 4 rings (SSSR count). The molecule has 0 saturated carbocycles. The molecule has 0 aromatic carbocycles. The molecule has 2 aliphatic heterocycles. The number of amides is 1. The van der Waals surface area contributed by atoms with Crippen LogP contribution in [-0.2, 0) is 4.74 Å². The third-order valence-corrected chi connectivity index (χ3v) is 6.49. The average Bonchev–Trinajstić information content (AvgIpc) is 3.17. The Hall–Kier alpha value is -2.59. The molecule has 146 valence electrons. The zero-order valence-electron chi connectivity index (χ0n) is 14.8. The highest BCUT2D eigenvalue weighted by molar-refractivity contribution is 8.04. The van der Waals surface area contributed by atoms with Crippen molar-refractivity contribution in [1.82, 2.24) is 10.3 Å². The molecule has 28 heavy (non-hydrogen) atoms. The Morgan fingerprint density at radius 1 is 1.32 bits per heavy atom. The van der Waals surface area contributed by atoms with Crippen LogP contribution in [-0.4, -0.2) is 52.4 Å². The molecule has 3 aliphatic rings. The third-order valence-electron chi connectivity index (χ3n) is 5.20. The molecule has 1 aromatic heterocycles. The molecule has 1 saturated heterocycles. The molecule has 0 radical (unpaired) electrons. The molecule has 0 spiro atoms. The second-order valence-electron chi connectivity index (χ2n) is 6.90. The van der Waals surface area contributed by atoms with Crippen molar-refractivity contribution < 1.29 is 24.0 Å². The van der Waals surface area contributed by atoms with Crippen molar-refractivity contribution >= 4 is 29.2 Å². The molecular weight excluding hydrogens is 386 g/mol. The second kappa shape index (κ2) is 7.44. The number of hydrogen-bond donors (Lipinski definition) is 1. The Bertz CT molecular complexity index is 909. The van der Waals surface area contributed by atoms with E-state index in [1.165, 1.54) is 18.3 Å². The largest absolute Gasteiger partial charge is 0.381 e. The SMILES string of the molecule is O=C(NCC1CCOCC1)c1ccnc2c1C(=O)C1SC([N+](=O)[O-])=CC1C2=O. The van der Waals surface area contributed by atoms with E-state index in [1.807, 2.05) is 0 Å². The number of ether oxygens (including phenoxy) is 1. The zero-order valence-corrected chi connectivity index (χ0v) is 15.6. The molecule has 0 bridgehead atoms. The van der Waals surface area contributed by atoms with Crippen molar-refractivity contribution in [2.24, 2.45) is 11.8 Å². The number of thioether (sulfide) groups is 1. The van der Waals surface area contributed by atoms with Crippen molar-refractivity contribution in [1.29, 1.82) is 0 Å². The predicted octanol–water partition coefficient (Wildman–Crippen LogP) is 1.47. The Labute approximate surface area is 164 Å².